The van der Waals surface area contributed by atoms with E-state index in [1.165, 1.54) is 13.0 Å². The van der Waals surface area contributed by atoms with Gasteiger partial charge in [0.2, 0.25) is 0 Å². The van der Waals surface area contributed by atoms with Gasteiger partial charge in [-0.15, -0.1) is 0 Å². The van der Waals surface area contributed by atoms with Gasteiger partial charge in [-0.3, -0.25) is 4.90 Å². The minimum atomic E-state index is -4.50. The van der Waals surface area contributed by atoms with Gasteiger partial charge in [-0.25, -0.2) is 13.9 Å². The molecule has 0 saturated carbocycles. The molecule has 4 nitrogen and oxygen atoms in total. The van der Waals surface area contributed by atoms with E-state index in [1.807, 2.05) is 0 Å². The normalized spacial score (nSPS) is 18.5. The molecular formula is C19H18F4N4. The molecule has 142 valence electrons. The van der Waals surface area contributed by atoms with Gasteiger partial charge in [-0.2, -0.15) is 18.3 Å². The maximum Gasteiger partial charge on any atom is 0.433 e. The van der Waals surface area contributed by atoms with Crippen LogP contribution in [0.3, 0.4) is 0 Å². The first kappa shape index (κ1) is 17.9. The number of aromatic nitrogens is 3. The number of rotatable bonds is 3. The Hall–Kier alpha value is -2.48. The maximum absolute atomic E-state index is 13.8. The Bertz CT molecular complexity index is 979. The fourth-order valence-corrected chi connectivity index (χ4v) is 3.60. The summed E-state index contributed by atoms with van der Waals surface area (Å²) in [4.78, 5) is 6.27. The van der Waals surface area contributed by atoms with Gasteiger partial charge in [-0.05, 0) is 32.0 Å². The third kappa shape index (κ3) is 3.53. The highest BCUT2D eigenvalue weighted by atomic mass is 19.4. The Morgan fingerprint density at radius 3 is 2.70 bits per heavy atom. The monoisotopic (exact) mass is 378 g/mol. The van der Waals surface area contributed by atoms with Crippen LogP contribution in [0.4, 0.5) is 17.6 Å². The van der Waals surface area contributed by atoms with Crippen molar-refractivity contribution in [1.82, 2.24) is 19.5 Å². The average Bonchev–Trinajstić information content (AvgIpc) is 3.21. The molecular weight excluding hydrogens is 360 g/mol. The lowest BCUT2D eigenvalue weighted by molar-refractivity contribution is -0.142. The summed E-state index contributed by atoms with van der Waals surface area (Å²) in [5.74, 6) is -0.247. The standard InChI is InChI=1S/C19H18F4N4/c1-12-8-17(19(21,22)23)27-18(24-12)9-16(25-27)14-6-7-26(11-14)10-13-4-2-3-5-15(13)20/h2-5,8-9,14H,6-7,10-11H2,1H3/t14-/m0/s1. The second kappa shape index (κ2) is 6.60. The van der Waals surface area contributed by atoms with E-state index >= 15 is 0 Å². The van der Waals surface area contributed by atoms with Crippen molar-refractivity contribution in [2.45, 2.75) is 32.0 Å². The summed E-state index contributed by atoms with van der Waals surface area (Å²) in [7, 11) is 0. The summed E-state index contributed by atoms with van der Waals surface area (Å²) in [6.07, 6.45) is -3.74. The van der Waals surface area contributed by atoms with E-state index in [0.29, 0.717) is 30.0 Å². The summed E-state index contributed by atoms with van der Waals surface area (Å²) in [6.45, 7) is 3.37. The summed E-state index contributed by atoms with van der Waals surface area (Å²) < 4.78 is 54.6. The van der Waals surface area contributed by atoms with Crippen molar-refractivity contribution in [3.8, 4) is 0 Å². The molecule has 0 bridgehead atoms. The predicted octanol–water partition coefficient (Wildman–Crippen LogP) is 4.19. The number of aryl methyl sites for hydroxylation is 1. The van der Waals surface area contributed by atoms with E-state index in [2.05, 4.69) is 15.0 Å². The van der Waals surface area contributed by atoms with E-state index in [9.17, 15) is 17.6 Å². The Kier molecular flexibility index (Phi) is 4.38. The number of hydrogen-bond acceptors (Lipinski definition) is 3. The third-order valence-electron chi connectivity index (χ3n) is 4.91. The number of fused-ring (bicyclic) bond motifs is 1. The van der Waals surface area contributed by atoms with Crippen LogP contribution >= 0.6 is 0 Å². The van der Waals surface area contributed by atoms with Gasteiger partial charge in [0, 0.05) is 36.3 Å². The van der Waals surface area contributed by atoms with Crippen LogP contribution in [-0.4, -0.2) is 32.6 Å². The Morgan fingerprint density at radius 2 is 1.96 bits per heavy atom. The van der Waals surface area contributed by atoms with E-state index in [-0.39, 0.29) is 17.4 Å². The molecule has 0 spiro atoms. The molecule has 3 aromatic rings. The van der Waals surface area contributed by atoms with Crippen molar-refractivity contribution in [3.63, 3.8) is 0 Å². The number of benzene rings is 1. The van der Waals surface area contributed by atoms with Crippen molar-refractivity contribution < 1.29 is 17.6 Å². The summed E-state index contributed by atoms with van der Waals surface area (Å²) in [5.41, 5.74) is 0.885. The second-order valence-electron chi connectivity index (χ2n) is 6.93. The first-order valence-electron chi connectivity index (χ1n) is 8.71. The molecule has 0 aliphatic carbocycles. The van der Waals surface area contributed by atoms with Gasteiger partial charge in [0.05, 0.1) is 5.69 Å². The molecule has 3 heterocycles. The second-order valence-corrected chi connectivity index (χ2v) is 6.93. The Morgan fingerprint density at radius 1 is 1.19 bits per heavy atom. The third-order valence-corrected chi connectivity index (χ3v) is 4.91. The van der Waals surface area contributed by atoms with Crippen molar-refractivity contribution in [1.29, 1.82) is 0 Å². The minimum absolute atomic E-state index is 0.000127. The fraction of sp³-hybridized carbons (Fsp3) is 0.368. The molecule has 1 atom stereocenters. The zero-order valence-electron chi connectivity index (χ0n) is 14.7. The number of hydrogen-bond donors (Lipinski definition) is 0. The van der Waals surface area contributed by atoms with Crippen LogP contribution in [0.25, 0.3) is 5.65 Å². The van der Waals surface area contributed by atoms with Crippen LogP contribution in [0.1, 0.15) is 35.0 Å². The van der Waals surface area contributed by atoms with Crippen molar-refractivity contribution in [2.75, 3.05) is 13.1 Å². The first-order valence-corrected chi connectivity index (χ1v) is 8.71. The van der Waals surface area contributed by atoms with E-state index in [4.69, 9.17) is 0 Å². The Labute approximate surface area is 153 Å². The van der Waals surface area contributed by atoms with Gasteiger partial charge in [0.25, 0.3) is 0 Å². The zero-order valence-corrected chi connectivity index (χ0v) is 14.7. The lowest BCUT2D eigenvalue weighted by Crippen LogP contribution is -2.20. The highest BCUT2D eigenvalue weighted by Crippen LogP contribution is 2.32. The van der Waals surface area contributed by atoms with Crippen LogP contribution in [0.15, 0.2) is 36.4 Å². The molecule has 1 aliphatic rings. The van der Waals surface area contributed by atoms with Gasteiger partial charge in [0.1, 0.15) is 11.5 Å². The lowest BCUT2D eigenvalue weighted by atomic mass is 10.1. The molecule has 1 saturated heterocycles. The van der Waals surface area contributed by atoms with E-state index in [1.54, 1.807) is 24.3 Å². The summed E-state index contributed by atoms with van der Waals surface area (Å²) >= 11 is 0. The van der Waals surface area contributed by atoms with Crippen LogP contribution in [0.2, 0.25) is 0 Å². The number of nitrogens with zero attached hydrogens (tertiary/aromatic N) is 4. The van der Waals surface area contributed by atoms with Crippen molar-refractivity contribution in [2.24, 2.45) is 0 Å². The predicted molar refractivity (Wildman–Crippen MR) is 91.8 cm³/mol. The summed E-state index contributed by atoms with van der Waals surface area (Å²) in [6, 6.07) is 9.24. The number of halogens is 4. The molecule has 4 rings (SSSR count). The van der Waals surface area contributed by atoms with Crippen molar-refractivity contribution in [3.05, 3.63) is 64.9 Å². The molecule has 1 fully saturated rings. The zero-order chi connectivity index (χ0) is 19.2. The molecule has 1 aromatic carbocycles. The maximum atomic E-state index is 13.8. The summed E-state index contributed by atoms with van der Waals surface area (Å²) in [5, 5.41) is 4.19. The molecule has 8 heteroatoms. The molecule has 27 heavy (non-hydrogen) atoms. The SMILES string of the molecule is Cc1cc(C(F)(F)F)n2nc([C@H]3CCN(Cc4ccccc4F)C3)cc2n1. The lowest BCUT2D eigenvalue weighted by Gasteiger charge is -2.16. The van der Waals surface area contributed by atoms with Gasteiger partial charge >= 0.3 is 6.18 Å². The van der Waals surface area contributed by atoms with Crippen LogP contribution < -0.4 is 0 Å². The molecule has 0 unspecified atom stereocenters. The molecule has 1 aliphatic heterocycles. The first-order chi connectivity index (χ1) is 12.8. The van der Waals surface area contributed by atoms with Gasteiger partial charge in [0.15, 0.2) is 5.65 Å². The fourth-order valence-electron chi connectivity index (χ4n) is 3.60. The van der Waals surface area contributed by atoms with Gasteiger partial charge in [-0.1, -0.05) is 18.2 Å². The van der Waals surface area contributed by atoms with Crippen LogP contribution in [-0.2, 0) is 12.7 Å². The Balaban J connectivity index is 1.58. The highest BCUT2D eigenvalue weighted by Gasteiger charge is 2.35. The molecule has 0 radical (unpaired) electrons. The smallest absolute Gasteiger partial charge is 0.298 e. The van der Waals surface area contributed by atoms with Crippen LogP contribution in [0.5, 0.6) is 0 Å². The quantitative estimate of drug-likeness (QED) is 0.641. The topological polar surface area (TPSA) is 33.4 Å². The minimum Gasteiger partial charge on any atom is -0.298 e. The molecule has 0 amide bonds. The highest BCUT2D eigenvalue weighted by molar-refractivity contribution is 5.43. The van der Waals surface area contributed by atoms with E-state index in [0.717, 1.165) is 23.5 Å². The van der Waals surface area contributed by atoms with Crippen molar-refractivity contribution >= 4 is 5.65 Å². The number of alkyl halides is 3. The van der Waals surface area contributed by atoms with E-state index < -0.39 is 11.9 Å². The largest absolute Gasteiger partial charge is 0.433 e. The van der Waals surface area contributed by atoms with Crippen LogP contribution in [0, 0.1) is 12.7 Å². The molecule has 0 N–H and O–H groups in total. The number of likely N-dealkylation sites (tertiary alicyclic amines) is 1. The van der Waals surface area contributed by atoms with Gasteiger partial charge < -0.3 is 0 Å². The average molecular weight is 378 g/mol. The molecule has 2 aromatic heterocycles.